The molecule has 0 aromatic heterocycles. The largest absolute Gasteiger partial charge is 0.463 e. The SMILES string of the molecule is CCOC(=O)C(C)=C(C(=O)OCC)C(C)C. The highest BCUT2D eigenvalue weighted by Crippen LogP contribution is 2.17. The zero-order chi connectivity index (χ0) is 12.7. The molecule has 0 aliphatic carbocycles. The van der Waals surface area contributed by atoms with E-state index in [0.717, 1.165) is 0 Å². The van der Waals surface area contributed by atoms with Gasteiger partial charge in [0.25, 0.3) is 0 Å². The number of carbonyl (C=O) groups excluding carboxylic acids is 2. The minimum atomic E-state index is -0.459. The van der Waals surface area contributed by atoms with E-state index in [0.29, 0.717) is 24.4 Å². The Labute approximate surface area is 96.6 Å². The number of rotatable bonds is 5. The van der Waals surface area contributed by atoms with Gasteiger partial charge in [0.15, 0.2) is 0 Å². The molecule has 0 saturated heterocycles. The molecule has 0 fully saturated rings. The second-order valence-corrected chi connectivity index (χ2v) is 3.63. The number of hydrogen-bond acceptors (Lipinski definition) is 4. The maximum absolute atomic E-state index is 11.6. The first kappa shape index (κ1) is 14.7. The Morgan fingerprint density at radius 3 is 1.81 bits per heavy atom. The first-order valence-electron chi connectivity index (χ1n) is 5.50. The van der Waals surface area contributed by atoms with Crippen molar-refractivity contribution in [3.05, 3.63) is 11.1 Å². The lowest BCUT2D eigenvalue weighted by molar-refractivity contribution is -0.142. The Balaban J connectivity index is 5.07. The second kappa shape index (κ2) is 7.04. The fourth-order valence-electron chi connectivity index (χ4n) is 1.38. The first-order chi connectivity index (χ1) is 7.45. The fourth-order valence-corrected chi connectivity index (χ4v) is 1.38. The van der Waals surface area contributed by atoms with Crippen LogP contribution in [0.5, 0.6) is 0 Å². The Morgan fingerprint density at radius 1 is 1.00 bits per heavy atom. The maximum atomic E-state index is 11.6. The van der Waals surface area contributed by atoms with E-state index in [-0.39, 0.29) is 5.92 Å². The zero-order valence-corrected chi connectivity index (χ0v) is 10.6. The molecule has 0 aromatic carbocycles. The van der Waals surface area contributed by atoms with Gasteiger partial charge in [-0.05, 0) is 26.7 Å². The minimum absolute atomic E-state index is 0.0662. The minimum Gasteiger partial charge on any atom is -0.463 e. The van der Waals surface area contributed by atoms with E-state index < -0.39 is 11.9 Å². The van der Waals surface area contributed by atoms with Gasteiger partial charge in [-0.15, -0.1) is 0 Å². The van der Waals surface area contributed by atoms with Crippen LogP contribution in [-0.2, 0) is 19.1 Å². The standard InChI is InChI=1S/C12H20O4/c1-6-15-11(13)9(5)10(8(3)4)12(14)16-7-2/h8H,6-7H2,1-5H3. The third-order valence-electron chi connectivity index (χ3n) is 2.06. The molecular formula is C12H20O4. The van der Waals surface area contributed by atoms with Gasteiger partial charge in [-0.3, -0.25) is 0 Å². The van der Waals surface area contributed by atoms with Crippen LogP contribution < -0.4 is 0 Å². The Bertz CT molecular complexity index is 289. The van der Waals surface area contributed by atoms with Gasteiger partial charge in [0.1, 0.15) is 0 Å². The van der Waals surface area contributed by atoms with Gasteiger partial charge in [-0.1, -0.05) is 13.8 Å². The van der Waals surface area contributed by atoms with E-state index in [9.17, 15) is 9.59 Å². The highest BCUT2D eigenvalue weighted by atomic mass is 16.5. The van der Waals surface area contributed by atoms with Gasteiger partial charge in [0.05, 0.1) is 13.2 Å². The lowest BCUT2D eigenvalue weighted by Gasteiger charge is -2.13. The lowest BCUT2D eigenvalue weighted by atomic mass is 9.98. The monoisotopic (exact) mass is 228 g/mol. The van der Waals surface area contributed by atoms with Crippen LogP contribution in [0.25, 0.3) is 0 Å². The summed E-state index contributed by atoms with van der Waals surface area (Å²) in [6, 6.07) is 0. The summed E-state index contributed by atoms with van der Waals surface area (Å²) >= 11 is 0. The number of esters is 2. The van der Waals surface area contributed by atoms with E-state index in [4.69, 9.17) is 9.47 Å². The summed E-state index contributed by atoms with van der Waals surface area (Å²) in [5.74, 6) is -0.967. The van der Waals surface area contributed by atoms with Crippen molar-refractivity contribution < 1.29 is 19.1 Å². The molecule has 0 saturated carbocycles. The molecule has 0 amide bonds. The van der Waals surface area contributed by atoms with Gasteiger partial charge >= 0.3 is 11.9 Å². The normalized spacial score (nSPS) is 12.1. The van der Waals surface area contributed by atoms with E-state index in [1.54, 1.807) is 20.8 Å². The number of carbonyl (C=O) groups is 2. The third-order valence-corrected chi connectivity index (χ3v) is 2.06. The molecule has 4 nitrogen and oxygen atoms in total. The second-order valence-electron chi connectivity index (χ2n) is 3.63. The van der Waals surface area contributed by atoms with Crippen LogP contribution in [-0.4, -0.2) is 25.2 Å². The van der Waals surface area contributed by atoms with Crippen LogP contribution >= 0.6 is 0 Å². The van der Waals surface area contributed by atoms with Crippen LogP contribution in [0.1, 0.15) is 34.6 Å². The fraction of sp³-hybridized carbons (Fsp3) is 0.667. The van der Waals surface area contributed by atoms with E-state index in [1.165, 1.54) is 0 Å². The topological polar surface area (TPSA) is 52.6 Å². The predicted molar refractivity (Wildman–Crippen MR) is 60.8 cm³/mol. The third kappa shape index (κ3) is 4.04. The first-order valence-corrected chi connectivity index (χ1v) is 5.50. The molecular weight excluding hydrogens is 208 g/mol. The Morgan fingerprint density at radius 2 is 1.44 bits per heavy atom. The van der Waals surface area contributed by atoms with Crippen molar-refractivity contribution >= 4 is 11.9 Å². The summed E-state index contributed by atoms with van der Waals surface area (Å²) in [5, 5.41) is 0. The van der Waals surface area contributed by atoms with Crippen LogP contribution in [0.4, 0.5) is 0 Å². The molecule has 0 spiro atoms. The molecule has 92 valence electrons. The van der Waals surface area contributed by atoms with Crippen LogP contribution in [0.3, 0.4) is 0 Å². The summed E-state index contributed by atoms with van der Waals surface area (Å²) in [6.07, 6.45) is 0. The molecule has 0 radical (unpaired) electrons. The molecule has 0 atom stereocenters. The van der Waals surface area contributed by atoms with Crippen molar-refractivity contribution in [3.8, 4) is 0 Å². The summed E-state index contributed by atoms with van der Waals surface area (Å²) in [7, 11) is 0. The van der Waals surface area contributed by atoms with Gasteiger partial charge in [-0.25, -0.2) is 9.59 Å². The molecule has 0 aliphatic heterocycles. The van der Waals surface area contributed by atoms with Crippen LogP contribution in [0, 0.1) is 5.92 Å². The number of hydrogen-bond donors (Lipinski definition) is 0. The van der Waals surface area contributed by atoms with E-state index >= 15 is 0 Å². The molecule has 4 heteroatoms. The molecule has 0 aromatic rings. The van der Waals surface area contributed by atoms with Crippen molar-refractivity contribution in [2.24, 2.45) is 5.92 Å². The molecule has 0 rings (SSSR count). The molecule has 0 aliphatic rings. The molecule has 16 heavy (non-hydrogen) atoms. The summed E-state index contributed by atoms with van der Waals surface area (Å²) < 4.78 is 9.77. The van der Waals surface area contributed by atoms with E-state index in [1.807, 2.05) is 13.8 Å². The van der Waals surface area contributed by atoms with Gasteiger partial charge in [0, 0.05) is 11.1 Å². The Kier molecular flexibility index (Phi) is 6.46. The summed E-state index contributed by atoms with van der Waals surface area (Å²) in [6.45, 7) is 9.32. The lowest BCUT2D eigenvalue weighted by Crippen LogP contribution is -2.18. The highest BCUT2D eigenvalue weighted by Gasteiger charge is 2.22. The molecule has 0 bridgehead atoms. The van der Waals surface area contributed by atoms with Crippen molar-refractivity contribution in [2.75, 3.05) is 13.2 Å². The summed E-state index contributed by atoms with van der Waals surface area (Å²) in [4.78, 5) is 23.2. The van der Waals surface area contributed by atoms with Crippen molar-refractivity contribution in [3.63, 3.8) is 0 Å². The predicted octanol–water partition coefficient (Wildman–Crippen LogP) is 2.09. The van der Waals surface area contributed by atoms with Crippen molar-refractivity contribution in [1.82, 2.24) is 0 Å². The number of ether oxygens (including phenoxy) is 2. The quantitative estimate of drug-likeness (QED) is 0.534. The highest BCUT2D eigenvalue weighted by molar-refractivity contribution is 6.00. The van der Waals surface area contributed by atoms with E-state index in [2.05, 4.69) is 0 Å². The van der Waals surface area contributed by atoms with Crippen molar-refractivity contribution in [2.45, 2.75) is 34.6 Å². The molecule has 0 N–H and O–H groups in total. The zero-order valence-electron chi connectivity index (χ0n) is 10.6. The van der Waals surface area contributed by atoms with Gasteiger partial charge in [0.2, 0.25) is 0 Å². The average molecular weight is 228 g/mol. The molecule has 0 heterocycles. The Hall–Kier alpha value is -1.32. The van der Waals surface area contributed by atoms with Crippen molar-refractivity contribution in [1.29, 1.82) is 0 Å². The summed E-state index contributed by atoms with van der Waals surface area (Å²) in [5.41, 5.74) is 0.718. The smallest absolute Gasteiger partial charge is 0.334 e. The molecule has 0 unspecified atom stereocenters. The van der Waals surface area contributed by atoms with Gasteiger partial charge in [-0.2, -0.15) is 0 Å². The van der Waals surface area contributed by atoms with Crippen LogP contribution in [0.2, 0.25) is 0 Å². The average Bonchev–Trinajstić information content (AvgIpc) is 2.17. The van der Waals surface area contributed by atoms with Crippen LogP contribution in [0.15, 0.2) is 11.1 Å². The van der Waals surface area contributed by atoms with Gasteiger partial charge < -0.3 is 9.47 Å². The maximum Gasteiger partial charge on any atom is 0.334 e.